The van der Waals surface area contributed by atoms with E-state index in [-0.39, 0.29) is 56.9 Å². The number of aliphatic imine (C=N–C) groups is 1. The lowest BCUT2D eigenvalue weighted by Gasteiger charge is -2.34. The summed E-state index contributed by atoms with van der Waals surface area (Å²) in [5.41, 5.74) is 2.92. The smallest absolute Gasteiger partial charge is 0.388 e. The highest BCUT2D eigenvalue weighted by Gasteiger charge is 2.56. The van der Waals surface area contributed by atoms with Crippen LogP contribution in [0.25, 0.3) is 0 Å². The lowest BCUT2D eigenvalue weighted by atomic mass is 9.89. The molecule has 1 fully saturated rings. The van der Waals surface area contributed by atoms with Gasteiger partial charge < -0.3 is 10.6 Å². The Bertz CT molecular complexity index is 1140. The number of amides is 1. The number of amidine groups is 1. The highest BCUT2D eigenvalue weighted by molar-refractivity contribution is 7.89. The number of nitrogens with zero attached hydrogens (tertiary/aromatic N) is 2. The molecule has 0 aliphatic carbocycles. The Balaban J connectivity index is 1.50. The average Bonchev–Trinajstić information content (AvgIpc) is 3.11. The standard InChI is InChI=1S/C25H35F5N4O3S/c1-17-15-19(31-3)16-18(2)20(17)8-14-38(36,37)34-12-10-23(11-13-34)22(35)32-21(33-23)7-5-4-6-9-24(26,27)25(28,29)30/h15-16,31H,4-14H2,1-3H3,(H,32,33,35). The van der Waals surface area contributed by atoms with Crippen LogP contribution in [0, 0.1) is 13.8 Å². The van der Waals surface area contributed by atoms with Gasteiger partial charge in [-0.05, 0) is 74.8 Å². The van der Waals surface area contributed by atoms with E-state index in [2.05, 4.69) is 15.6 Å². The van der Waals surface area contributed by atoms with Crippen molar-refractivity contribution in [1.82, 2.24) is 9.62 Å². The van der Waals surface area contributed by atoms with Crippen molar-refractivity contribution in [2.45, 2.75) is 82.9 Å². The Hall–Kier alpha value is -2.28. The zero-order valence-electron chi connectivity index (χ0n) is 21.9. The first-order chi connectivity index (χ1) is 17.6. The van der Waals surface area contributed by atoms with Crippen molar-refractivity contribution in [3.05, 3.63) is 28.8 Å². The molecular formula is C25H35F5N4O3S. The summed E-state index contributed by atoms with van der Waals surface area (Å²) in [4.78, 5) is 17.2. The third kappa shape index (κ3) is 6.83. The topological polar surface area (TPSA) is 90.9 Å². The van der Waals surface area contributed by atoms with Gasteiger partial charge in [0.05, 0.1) is 5.75 Å². The first-order valence-electron chi connectivity index (χ1n) is 12.7. The molecule has 214 valence electrons. The molecule has 1 amide bonds. The summed E-state index contributed by atoms with van der Waals surface area (Å²) in [7, 11) is -1.73. The minimum absolute atomic E-state index is 0.0469. The Morgan fingerprint density at radius 1 is 1.03 bits per heavy atom. The van der Waals surface area contributed by atoms with Crippen LogP contribution >= 0.6 is 0 Å². The fraction of sp³-hybridized carbons (Fsp3) is 0.680. The van der Waals surface area contributed by atoms with Gasteiger partial charge in [-0.2, -0.15) is 22.0 Å². The number of piperidine rings is 1. The van der Waals surface area contributed by atoms with Crippen molar-refractivity contribution in [3.63, 3.8) is 0 Å². The number of benzene rings is 1. The van der Waals surface area contributed by atoms with E-state index in [1.807, 2.05) is 33.0 Å². The van der Waals surface area contributed by atoms with Crippen LogP contribution in [-0.4, -0.2) is 68.0 Å². The third-order valence-corrected chi connectivity index (χ3v) is 9.26. The molecule has 2 heterocycles. The first kappa shape index (κ1) is 30.3. The molecule has 3 rings (SSSR count). The number of carbonyl (C=O) groups is 1. The van der Waals surface area contributed by atoms with Crippen molar-refractivity contribution >= 4 is 27.5 Å². The number of halogens is 5. The third-order valence-electron chi connectivity index (χ3n) is 7.39. The summed E-state index contributed by atoms with van der Waals surface area (Å²) < 4.78 is 90.3. The molecule has 0 aromatic heterocycles. The number of nitrogens with one attached hydrogen (secondary N) is 2. The molecule has 0 atom stereocenters. The molecule has 1 spiro atoms. The number of hydrogen-bond donors (Lipinski definition) is 2. The van der Waals surface area contributed by atoms with Crippen LogP contribution in [0.15, 0.2) is 17.1 Å². The number of hydrogen-bond acceptors (Lipinski definition) is 5. The Morgan fingerprint density at radius 3 is 2.18 bits per heavy atom. The molecule has 13 heteroatoms. The molecule has 0 unspecified atom stereocenters. The van der Waals surface area contributed by atoms with E-state index < -0.39 is 34.1 Å². The molecule has 2 aliphatic rings. The van der Waals surface area contributed by atoms with Crippen LogP contribution in [0.3, 0.4) is 0 Å². The molecule has 2 aliphatic heterocycles. The summed E-state index contributed by atoms with van der Waals surface area (Å²) in [6, 6.07) is 3.96. The molecule has 1 saturated heterocycles. The van der Waals surface area contributed by atoms with E-state index in [9.17, 15) is 35.2 Å². The second kappa shape index (κ2) is 11.4. The maximum atomic E-state index is 13.0. The van der Waals surface area contributed by atoms with Crippen LogP contribution in [-0.2, 0) is 21.2 Å². The molecular weight excluding hydrogens is 531 g/mol. The lowest BCUT2D eigenvalue weighted by molar-refractivity contribution is -0.284. The predicted octanol–water partition coefficient (Wildman–Crippen LogP) is 4.73. The van der Waals surface area contributed by atoms with E-state index in [0.29, 0.717) is 18.7 Å². The number of aryl methyl sites for hydroxylation is 2. The number of carbonyl (C=O) groups excluding carboxylic acids is 1. The molecule has 0 radical (unpaired) electrons. The molecule has 0 saturated carbocycles. The van der Waals surface area contributed by atoms with Crippen molar-refractivity contribution in [2.24, 2.45) is 4.99 Å². The van der Waals surface area contributed by atoms with Crippen LogP contribution in [0.1, 0.15) is 61.6 Å². The first-order valence-corrected chi connectivity index (χ1v) is 14.3. The molecule has 0 bridgehead atoms. The van der Waals surface area contributed by atoms with Gasteiger partial charge >= 0.3 is 12.1 Å². The normalized spacial score (nSPS) is 18.5. The predicted molar refractivity (Wildman–Crippen MR) is 136 cm³/mol. The Labute approximate surface area is 220 Å². The molecule has 7 nitrogen and oxygen atoms in total. The number of sulfonamides is 1. The summed E-state index contributed by atoms with van der Waals surface area (Å²) in [5, 5.41) is 5.76. The highest BCUT2D eigenvalue weighted by atomic mass is 32.2. The minimum Gasteiger partial charge on any atom is -0.388 e. The fourth-order valence-electron chi connectivity index (χ4n) is 5.03. The van der Waals surface area contributed by atoms with E-state index >= 15 is 0 Å². The number of rotatable bonds is 11. The van der Waals surface area contributed by atoms with E-state index in [0.717, 1.165) is 22.4 Å². The zero-order chi connectivity index (χ0) is 28.4. The maximum absolute atomic E-state index is 13.0. The second-order valence-electron chi connectivity index (χ2n) is 10.1. The summed E-state index contributed by atoms with van der Waals surface area (Å²) >= 11 is 0. The van der Waals surface area contributed by atoms with Crippen LogP contribution < -0.4 is 10.6 Å². The summed E-state index contributed by atoms with van der Waals surface area (Å²) in [6.45, 7) is 4.20. The summed E-state index contributed by atoms with van der Waals surface area (Å²) in [6.07, 6.45) is -5.63. The fourth-order valence-corrected chi connectivity index (χ4v) is 6.49. The quantitative estimate of drug-likeness (QED) is 0.299. The summed E-state index contributed by atoms with van der Waals surface area (Å²) in [5.74, 6) is -4.72. The number of unbranched alkanes of at least 4 members (excludes halogenated alkanes) is 2. The Kier molecular flexibility index (Phi) is 9.12. The second-order valence-corrected chi connectivity index (χ2v) is 12.2. The van der Waals surface area contributed by atoms with Crippen LogP contribution in [0.2, 0.25) is 0 Å². The molecule has 2 N–H and O–H groups in total. The molecule has 1 aromatic rings. The SMILES string of the molecule is CNc1cc(C)c(CCS(=O)(=O)N2CCC3(CC2)N=C(CCCCCC(F)(F)C(F)(F)F)NC3=O)c(C)c1. The largest absolute Gasteiger partial charge is 0.453 e. The van der Waals surface area contributed by atoms with Gasteiger partial charge in [-0.3, -0.25) is 9.79 Å². The lowest BCUT2D eigenvalue weighted by Crippen LogP contribution is -2.50. The van der Waals surface area contributed by atoms with Gasteiger partial charge in [0, 0.05) is 38.7 Å². The Morgan fingerprint density at radius 2 is 1.63 bits per heavy atom. The van der Waals surface area contributed by atoms with Gasteiger partial charge in [0.2, 0.25) is 10.0 Å². The van der Waals surface area contributed by atoms with E-state index in [4.69, 9.17) is 0 Å². The van der Waals surface area contributed by atoms with Crippen LogP contribution in [0.5, 0.6) is 0 Å². The minimum atomic E-state index is -5.55. The maximum Gasteiger partial charge on any atom is 0.453 e. The monoisotopic (exact) mass is 566 g/mol. The van der Waals surface area contributed by atoms with Gasteiger partial charge in [-0.15, -0.1) is 0 Å². The highest BCUT2D eigenvalue weighted by Crippen LogP contribution is 2.39. The zero-order valence-corrected chi connectivity index (χ0v) is 22.7. The van der Waals surface area contributed by atoms with Gasteiger partial charge in [0.1, 0.15) is 11.4 Å². The van der Waals surface area contributed by atoms with E-state index in [1.54, 1.807) is 0 Å². The molecule has 1 aromatic carbocycles. The molecule has 38 heavy (non-hydrogen) atoms. The van der Waals surface area contributed by atoms with Crippen LogP contribution in [0.4, 0.5) is 27.6 Å². The van der Waals surface area contributed by atoms with Gasteiger partial charge in [0.15, 0.2) is 0 Å². The average molecular weight is 567 g/mol. The van der Waals surface area contributed by atoms with Crippen molar-refractivity contribution < 1.29 is 35.2 Å². The van der Waals surface area contributed by atoms with Gasteiger partial charge in [-0.1, -0.05) is 6.42 Å². The van der Waals surface area contributed by atoms with Gasteiger partial charge in [0.25, 0.3) is 5.91 Å². The van der Waals surface area contributed by atoms with E-state index in [1.165, 1.54) is 4.31 Å². The van der Waals surface area contributed by atoms with Gasteiger partial charge in [-0.25, -0.2) is 12.7 Å². The van der Waals surface area contributed by atoms with Crippen molar-refractivity contribution in [1.29, 1.82) is 0 Å². The number of anilines is 1. The van der Waals surface area contributed by atoms with Crippen molar-refractivity contribution in [3.8, 4) is 0 Å². The number of alkyl halides is 5. The van der Waals surface area contributed by atoms with Crippen molar-refractivity contribution in [2.75, 3.05) is 31.2 Å².